The monoisotopic (exact) mass is 313 g/mol. The van der Waals surface area contributed by atoms with Gasteiger partial charge in [-0.05, 0) is 42.6 Å². The molecule has 0 aliphatic carbocycles. The number of piperidine rings is 1. The Hall–Kier alpha value is -2.20. The van der Waals surface area contributed by atoms with Crippen LogP contribution in [-0.2, 0) is 4.79 Å². The van der Waals surface area contributed by atoms with Gasteiger partial charge in [0.2, 0.25) is 0 Å². The molecule has 0 radical (unpaired) electrons. The summed E-state index contributed by atoms with van der Waals surface area (Å²) in [5.74, 6) is -1.38. The highest BCUT2D eigenvalue weighted by atomic mass is 19.1. The number of aliphatic carboxylic acids is 1. The van der Waals surface area contributed by atoms with Gasteiger partial charge in [0.25, 0.3) is 0 Å². The van der Waals surface area contributed by atoms with Crippen LogP contribution in [0.1, 0.15) is 30.0 Å². The van der Waals surface area contributed by atoms with Crippen LogP contribution in [0.15, 0.2) is 54.6 Å². The van der Waals surface area contributed by atoms with Crippen molar-refractivity contribution in [1.82, 2.24) is 4.90 Å². The van der Waals surface area contributed by atoms with Crippen molar-refractivity contribution in [2.24, 2.45) is 5.92 Å². The summed E-state index contributed by atoms with van der Waals surface area (Å²) in [7, 11) is 0. The molecule has 1 N–H and O–H groups in total. The van der Waals surface area contributed by atoms with Crippen LogP contribution in [0, 0.1) is 11.7 Å². The quantitative estimate of drug-likeness (QED) is 0.935. The van der Waals surface area contributed by atoms with E-state index in [4.69, 9.17) is 0 Å². The summed E-state index contributed by atoms with van der Waals surface area (Å²) in [6.07, 6.45) is 1.55. The molecule has 1 aliphatic heterocycles. The van der Waals surface area contributed by atoms with Crippen molar-refractivity contribution in [2.45, 2.75) is 18.9 Å². The van der Waals surface area contributed by atoms with Crippen LogP contribution in [0.3, 0.4) is 0 Å². The highest BCUT2D eigenvalue weighted by Gasteiger charge is 2.31. The van der Waals surface area contributed by atoms with Gasteiger partial charge in [-0.15, -0.1) is 0 Å². The second-order valence-corrected chi connectivity index (χ2v) is 6.04. The van der Waals surface area contributed by atoms with Crippen LogP contribution in [0.4, 0.5) is 4.39 Å². The summed E-state index contributed by atoms with van der Waals surface area (Å²) < 4.78 is 13.7. The molecule has 2 aromatic rings. The summed E-state index contributed by atoms with van der Waals surface area (Å²) in [4.78, 5) is 13.5. The van der Waals surface area contributed by atoms with Gasteiger partial charge < -0.3 is 5.11 Å². The first-order valence-electron chi connectivity index (χ1n) is 7.92. The Bertz CT molecular complexity index is 674. The summed E-state index contributed by atoms with van der Waals surface area (Å²) in [5.41, 5.74) is 1.92. The normalized spacial score (nSPS) is 20.1. The van der Waals surface area contributed by atoms with E-state index < -0.39 is 5.97 Å². The van der Waals surface area contributed by atoms with Crippen LogP contribution in [0.2, 0.25) is 0 Å². The van der Waals surface area contributed by atoms with E-state index in [9.17, 15) is 14.3 Å². The van der Waals surface area contributed by atoms with Gasteiger partial charge in [0.05, 0.1) is 12.0 Å². The number of rotatable bonds is 4. The van der Waals surface area contributed by atoms with Crippen LogP contribution >= 0.6 is 0 Å². The van der Waals surface area contributed by atoms with Crippen LogP contribution in [0.5, 0.6) is 0 Å². The van der Waals surface area contributed by atoms with Gasteiger partial charge in [0, 0.05) is 6.54 Å². The Balaban J connectivity index is 1.97. The molecule has 1 fully saturated rings. The molecule has 0 spiro atoms. The maximum absolute atomic E-state index is 13.7. The first-order valence-corrected chi connectivity index (χ1v) is 7.92. The molecule has 2 atom stereocenters. The van der Waals surface area contributed by atoms with Crippen LogP contribution in [-0.4, -0.2) is 29.1 Å². The van der Waals surface area contributed by atoms with Crippen molar-refractivity contribution < 1.29 is 14.3 Å². The maximum atomic E-state index is 13.7. The number of hydrogen-bond donors (Lipinski definition) is 1. The van der Waals surface area contributed by atoms with Gasteiger partial charge in [-0.3, -0.25) is 9.69 Å². The van der Waals surface area contributed by atoms with E-state index in [0.717, 1.165) is 24.1 Å². The lowest BCUT2D eigenvalue weighted by atomic mass is 9.91. The van der Waals surface area contributed by atoms with Crippen LogP contribution < -0.4 is 0 Å². The van der Waals surface area contributed by atoms with E-state index >= 15 is 0 Å². The smallest absolute Gasteiger partial charge is 0.307 e. The number of carboxylic acids is 1. The minimum atomic E-state index is -0.749. The number of benzene rings is 2. The summed E-state index contributed by atoms with van der Waals surface area (Å²) >= 11 is 0. The lowest BCUT2D eigenvalue weighted by molar-refractivity contribution is -0.143. The van der Waals surface area contributed by atoms with Gasteiger partial charge in [0.1, 0.15) is 5.82 Å². The molecule has 3 nitrogen and oxygen atoms in total. The maximum Gasteiger partial charge on any atom is 0.307 e. The van der Waals surface area contributed by atoms with Crippen molar-refractivity contribution in [1.29, 1.82) is 0 Å². The molecule has 1 saturated heterocycles. The number of nitrogens with zero attached hydrogens (tertiary/aromatic N) is 1. The molecule has 0 saturated carbocycles. The van der Waals surface area contributed by atoms with Crippen molar-refractivity contribution in [3.63, 3.8) is 0 Å². The molecule has 1 aliphatic rings. The van der Waals surface area contributed by atoms with Gasteiger partial charge in [-0.2, -0.15) is 0 Å². The van der Waals surface area contributed by atoms with Gasteiger partial charge in [-0.25, -0.2) is 4.39 Å². The van der Waals surface area contributed by atoms with Gasteiger partial charge in [0.15, 0.2) is 0 Å². The third kappa shape index (κ3) is 3.59. The third-order valence-electron chi connectivity index (χ3n) is 4.45. The lowest BCUT2D eigenvalue weighted by Gasteiger charge is -2.37. The molecule has 0 bridgehead atoms. The predicted octanol–water partition coefficient (Wildman–Crippen LogP) is 3.71. The average Bonchev–Trinajstić information content (AvgIpc) is 2.56. The molecule has 1 heterocycles. The fraction of sp³-hybridized carbons (Fsp3) is 0.316. The Labute approximate surface area is 135 Å². The standard InChI is InChI=1S/C19H20FNO2/c20-17-10-4-8-15(12-17)18(14-6-2-1-3-7-14)21-11-5-9-16(13-21)19(22)23/h1-4,6-8,10,12,16,18H,5,9,11,13H2,(H,22,23). The SMILES string of the molecule is O=C(O)C1CCCN(C(c2ccccc2)c2cccc(F)c2)C1. The molecule has 4 heteroatoms. The fourth-order valence-electron chi connectivity index (χ4n) is 3.37. The molecule has 23 heavy (non-hydrogen) atoms. The van der Waals surface area contributed by atoms with Gasteiger partial charge in [-0.1, -0.05) is 42.5 Å². The predicted molar refractivity (Wildman–Crippen MR) is 86.6 cm³/mol. The largest absolute Gasteiger partial charge is 0.481 e. The Kier molecular flexibility index (Phi) is 4.72. The zero-order valence-corrected chi connectivity index (χ0v) is 12.9. The second-order valence-electron chi connectivity index (χ2n) is 6.04. The van der Waals surface area contributed by atoms with Gasteiger partial charge >= 0.3 is 5.97 Å². The number of likely N-dealkylation sites (tertiary alicyclic amines) is 1. The Morgan fingerprint density at radius 2 is 1.87 bits per heavy atom. The molecule has 0 amide bonds. The topological polar surface area (TPSA) is 40.5 Å². The molecule has 3 rings (SSSR count). The molecule has 0 aromatic heterocycles. The first kappa shape index (κ1) is 15.7. The van der Waals surface area contributed by atoms with E-state index in [-0.39, 0.29) is 17.8 Å². The summed E-state index contributed by atoms with van der Waals surface area (Å²) in [6.45, 7) is 1.31. The summed E-state index contributed by atoms with van der Waals surface area (Å²) in [5, 5.41) is 9.34. The van der Waals surface area contributed by atoms with Crippen molar-refractivity contribution in [3.05, 3.63) is 71.5 Å². The highest BCUT2D eigenvalue weighted by Crippen LogP contribution is 2.32. The van der Waals surface area contributed by atoms with Crippen LogP contribution in [0.25, 0.3) is 0 Å². The number of carbonyl (C=O) groups is 1. The van der Waals surface area contributed by atoms with E-state index in [1.165, 1.54) is 6.07 Å². The zero-order valence-electron chi connectivity index (χ0n) is 12.9. The number of carboxylic acid groups (broad SMARTS) is 1. The van der Waals surface area contributed by atoms with Crippen molar-refractivity contribution in [3.8, 4) is 0 Å². The molecular weight excluding hydrogens is 293 g/mol. The number of hydrogen-bond acceptors (Lipinski definition) is 2. The van der Waals surface area contributed by atoms with E-state index in [0.29, 0.717) is 13.0 Å². The van der Waals surface area contributed by atoms with E-state index in [1.54, 1.807) is 12.1 Å². The highest BCUT2D eigenvalue weighted by molar-refractivity contribution is 5.70. The minimum Gasteiger partial charge on any atom is -0.481 e. The van der Waals surface area contributed by atoms with Crippen molar-refractivity contribution in [2.75, 3.05) is 13.1 Å². The van der Waals surface area contributed by atoms with E-state index in [1.807, 2.05) is 36.4 Å². The second kappa shape index (κ2) is 6.92. The molecular formula is C19H20FNO2. The Morgan fingerprint density at radius 1 is 1.13 bits per heavy atom. The molecule has 2 unspecified atom stereocenters. The fourth-order valence-corrected chi connectivity index (χ4v) is 3.37. The van der Waals surface area contributed by atoms with E-state index in [2.05, 4.69) is 4.90 Å². The zero-order chi connectivity index (χ0) is 16.2. The van der Waals surface area contributed by atoms with Crippen molar-refractivity contribution >= 4 is 5.97 Å². The Morgan fingerprint density at radius 3 is 2.57 bits per heavy atom. The summed E-state index contributed by atoms with van der Waals surface area (Å²) in [6, 6.07) is 16.4. The average molecular weight is 313 g/mol. The lowest BCUT2D eigenvalue weighted by Crippen LogP contribution is -2.41. The molecule has 120 valence electrons. The first-order chi connectivity index (χ1) is 11.1. The minimum absolute atomic E-state index is 0.117. The third-order valence-corrected chi connectivity index (χ3v) is 4.45. The molecule has 2 aromatic carbocycles. The number of halogens is 1.